The molecule has 5 nitrogen and oxygen atoms in total. The maximum absolute atomic E-state index is 5.44. The van der Waals surface area contributed by atoms with Gasteiger partial charge < -0.3 is 10.1 Å². The molecule has 2 aromatic heterocycles. The molecule has 2 aromatic carbocycles. The first-order valence-corrected chi connectivity index (χ1v) is 7.65. The highest BCUT2D eigenvalue weighted by molar-refractivity contribution is 5.68. The van der Waals surface area contributed by atoms with Crippen LogP contribution in [0.1, 0.15) is 0 Å². The minimum absolute atomic E-state index is 0.784. The number of hydrogen-bond donors (Lipinski definition) is 1. The van der Waals surface area contributed by atoms with Gasteiger partial charge in [-0.1, -0.05) is 30.3 Å². The quantitative estimate of drug-likeness (QED) is 0.614. The SMILES string of the molecule is COc1ccccc1-c1ccc2ncc(Nc3ccccc3)n2n1. The lowest BCUT2D eigenvalue weighted by atomic mass is 10.1. The molecule has 0 atom stereocenters. The van der Waals surface area contributed by atoms with Crippen molar-refractivity contribution in [2.75, 3.05) is 12.4 Å². The molecule has 0 fully saturated rings. The van der Waals surface area contributed by atoms with Crippen molar-refractivity contribution in [1.82, 2.24) is 14.6 Å². The predicted octanol–water partition coefficient (Wildman–Crippen LogP) is 4.15. The van der Waals surface area contributed by atoms with Crippen LogP contribution in [-0.2, 0) is 0 Å². The van der Waals surface area contributed by atoms with Gasteiger partial charge in [0.2, 0.25) is 0 Å². The smallest absolute Gasteiger partial charge is 0.155 e. The molecule has 0 bridgehead atoms. The first kappa shape index (κ1) is 14.3. The monoisotopic (exact) mass is 316 g/mol. The Morgan fingerprint density at radius 2 is 1.71 bits per heavy atom. The minimum Gasteiger partial charge on any atom is -0.496 e. The summed E-state index contributed by atoms with van der Waals surface area (Å²) in [6, 6.07) is 21.7. The van der Waals surface area contributed by atoms with Crippen LogP contribution in [0.5, 0.6) is 5.75 Å². The summed E-state index contributed by atoms with van der Waals surface area (Å²) in [5, 5.41) is 8.06. The van der Waals surface area contributed by atoms with Crippen molar-refractivity contribution in [2.24, 2.45) is 0 Å². The highest BCUT2D eigenvalue weighted by atomic mass is 16.5. The van der Waals surface area contributed by atoms with Crippen LogP contribution in [0.15, 0.2) is 72.9 Å². The van der Waals surface area contributed by atoms with Crippen molar-refractivity contribution in [3.05, 3.63) is 72.9 Å². The van der Waals surface area contributed by atoms with Gasteiger partial charge in [-0.05, 0) is 36.4 Å². The van der Waals surface area contributed by atoms with Crippen molar-refractivity contribution in [3.8, 4) is 17.0 Å². The lowest BCUT2D eigenvalue weighted by Gasteiger charge is -2.09. The van der Waals surface area contributed by atoms with Gasteiger partial charge in [-0.2, -0.15) is 9.61 Å². The summed E-state index contributed by atoms with van der Waals surface area (Å²) in [4.78, 5) is 4.40. The summed E-state index contributed by atoms with van der Waals surface area (Å²) >= 11 is 0. The maximum Gasteiger partial charge on any atom is 0.155 e. The predicted molar refractivity (Wildman–Crippen MR) is 94.7 cm³/mol. The first-order valence-electron chi connectivity index (χ1n) is 7.65. The Morgan fingerprint density at radius 3 is 2.54 bits per heavy atom. The zero-order chi connectivity index (χ0) is 16.4. The number of rotatable bonds is 4. The molecule has 0 aliphatic heterocycles. The molecule has 0 aliphatic carbocycles. The first-order chi connectivity index (χ1) is 11.8. The van der Waals surface area contributed by atoms with Crippen molar-refractivity contribution < 1.29 is 4.74 Å². The molecule has 5 heteroatoms. The highest BCUT2D eigenvalue weighted by Crippen LogP contribution is 2.28. The van der Waals surface area contributed by atoms with Gasteiger partial charge in [0.15, 0.2) is 11.5 Å². The topological polar surface area (TPSA) is 51.5 Å². The number of nitrogens with zero attached hydrogens (tertiary/aromatic N) is 3. The van der Waals surface area contributed by atoms with E-state index in [9.17, 15) is 0 Å². The third-order valence-electron chi connectivity index (χ3n) is 3.79. The molecule has 0 unspecified atom stereocenters. The van der Waals surface area contributed by atoms with Crippen molar-refractivity contribution in [2.45, 2.75) is 0 Å². The van der Waals surface area contributed by atoms with Gasteiger partial charge in [0.25, 0.3) is 0 Å². The summed E-state index contributed by atoms with van der Waals surface area (Å²) in [6.07, 6.45) is 1.78. The second-order valence-electron chi connectivity index (χ2n) is 5.32. The summed E-state index contributed by atoms with van der Waals surface area (Å²) in [5.74, 6) is 1.61. The van der Waals surface area contributed by atoms with Crippen molar-refractivity contribution in [1.29, 1.82) is 0 Å². The largest absolute Gasteiger partial charge is 0.496 e. The molecular formula is C19H16N4O. The Bertz CT molecular complexity index is 979. The fraction of sp³-hybridized carbons (Fsp3) is 0.0526. The Hall–Kier alpha value is -3.34. The van der Waals surface area contributed by atoms with E-state index in [0.717, 1.165) is 34.2 Å². The van der Waals surface area contributed by atoms with Crippen LogP contribution in [-0.4, -0.2) is 21.7 Å². The number of nitrogens with one attached hydrogen (secondary N) is 1. The van der Waals surface area contributed by atoms with E-state index in [1.165, 1.54) is 0 Å². The fourth-order valence-electron chi connectivity index (χ4n) is 2.63. The zero-order valence-corrected chi connectivity index (χ0v) is 13.2. The molecule has 0 aliphatic rings. The average Bonchev–Trinajstić information content (AvgIpc) is 3.04. The molecule has 0 spiro atoms. The number of imidazole rings is 1. The second-order valence-corrected chi connectivity index (χ2v) is 5.32. The molecular weight excluding hydrogens is 300 g/mol. The maximum atomic E-state index is 5.44. The minimum atomic E-state index is 0.784. The standard InChI is InChI=1S/C19H16N4O/c1-24-17-10-6-5-9-15(17)16-11-12-18-20-13-19(23(18)22-16)21-14-7-3-2-4-8-14/h2-13,21H,1H3. The van der Waals surface area contributed by atoms with Crippen molar-refractivity contribution >= 4 is 17.2 Å². The summed E-state index contributed by atoms with van der Waals surface area (Å²) in [6.45, 7) is 0. The van der Waals surface area contributed by atoms with Crippen LogP contribution in [0.4, 0.5) is 11.5 Å². The third-order valence-corrected chi connectivity index (χ3v) is 3.79. The number of ether oxygens (including phenoxy) is 1. The molecule has 0 saturated carbocycles. The lowest BCUT2D eigenvalue weighted by Crippen LogP contribution is -2.00. The van der Waals surface area contributed by atoms with Crippen LogP contribution in [0.3, 0.4) is 0 Å². The number of methoxy groups -OCH3 is 1. The van der Waals surface area contributed by atoms with Gasteiger partial charge in [-0.15, -0.1) is 0 Å². The average molecular weight is 316 g/mol. The molecule has 4 aromatic rings. The Kier molecular flexibility index (Phi) is 3.59. The van der Waals surface area contributed by atoms with Gasteiger partial charge >= 0.3 is 0 Å². The second kappa shape index (κ2) is 6.04. The Morgan fingerprint density at radius 1 is 0.917 bits per heavy atom. The van der Waals surface area contributed by atoms with Gasteiger partial charge in [0.1, 0.15) is 5.75 Å². The van der Waals surface area contributed by atoms with Crippen LogP contribution in [0.2, 0.25) is 0 Å². The molecule has 4 rings (SSSR count). The lowest BCUT2D eigenvalue weighted by molar-refractivity contribution is 0.416. The summed E-state index contributed by atoms with van der Waals surface area (Å²) in [7, 11) is 1.66. The fourth-order valence-corrected chi connectivity index (χ4v) is 2.63. The van der Waals surface area contributed by atoms with E-state index in [4.69, 9.17) is 9.84 Å². The van der Waals surface area contributed by atoms with Crippen LogP contribution in [0.25, 0.3) is 16.9 Å². The number of fused-ring (bicyclic) bond motifs is 1. The molecule has 24 heavy (non-hydrogen) atoms. The van der Waals surface area contributed by atoms with E-state index in [1.807, 2.05) is 66.7 Å². The van der Waals surface area contributed by atoms with E-state index in [0.29, 0.717) is 0 Å². The summed E-state index contributed by atoms with van der Waals surface area (Å²) < 4.78 is 7.24. The number of para-hydroxylation sites is 2. The van der Waals surface area contributed by atoms with E-state index in [1.54, 1.807) is 17.8 Å². The molecule has 118 valence electrons. The molecule has 0 radical (unpaired) electrons. The zero-order valence-electron chi connectivity index (χ0n) is 13.2. The van der Waals surface area contributed by atoms with E-state index >= 15 is 0 Å². The number of anilines is 2. The van der Waals surface area contributed by atoms with Gasteiger partial charge in [-0.25, -0.2) is 4.98 Å². The highest BCUT2D eigenvalue weighted by Gasteiger charge is 2.10. The Balaban J connectivity index is 1.79. The molecule has 2 heterocycles. The van der Waals surface area contributed by atoms with Gasteiger partial charge in [0.05, 0.1) is 19.0 Å². The molecule has 0 amide bonds. The Labute approximate surface area is 139 Å². The third kappa shape index (κ3) is 2.56. The number of hydrogen-bond acceptors (Lipinski definition) is 4. The number of benzene rings is 2. The summed E-state index contributed by atoms with van der Waals surface area (Å²) in [5.41, 5.74) is 3.55. The molecule has 1 N–H and O–H groups in total. The van der Waals surface area contributed by atoms with E-state index in [2.05, 4.69) is 10.3 Å². The van der Waals surface area contributed by atoms with E-state index < -0.39 is 0 Å². The van der Waals surface area contributed by atoms with Crippen LogP contribution in [0, 0.1) is 0 Å². The van der Waals surface area contributed by atoms with E-state index in [-0.39, 0.29) is 0 Å². The van der Waals surface area contributed by atoms with Crippen molar-refractivity contribution in [3.63, 3.8) is 0 Å². The van der Waals surface area contributed by atoms with Crippen LogP contribution < -0.4 is 10.1 Å². The number of aromatic nitrogens is 3. The van der Waals surface area contributed by atoms with Crippen LogP contribution >= 0.6 is 0 Å². The molecule has 0 saturated heterocycles. The van der Waals surface area contributed by atoms with Gasteiger partial charge in [-0.3, -0.25) is 0 Å². The van der Waals surface area contributed by atoms with Gasteiger partial charge in [0, 0.05) is 11.3 Å². The normalized spacial score (nSPS) is 10.7.